The Labute approximate surface area is 231 Å². The molecule has 1 aliphatic heterocycles. The first-order chi connectivity index (χ1) is 18.7. The van der Waals surface area contributed by atoms with Crippen LogP contribution in [0.5, 0.6) is 0 Å². The van der Waals surface area contributed by atoms with Gasteiger partial charge in [0.15, 0.2) is 11.5 Å². The number of rotatable bonds is 6. The van der Waals surface area contributed by atoms with Crippen LogP contribution in [0.1, 0.15) is 21.5 Å². The van der Waals surface area contributed by atoms with Gasteiger partial charge in [-0.05, 0) is 35.0 Å². The first-order valence-electron chi connectivity index (χ1n) is 11.0. The molecular formula is C25H16Cl2F7N3O3. The smallest absolute Gasteiger partial charge is 0.326 e. The van der Waals surface area contributed by atoms with Crippen molar-refractivity contribution >= 4 is 45.6 Å². The van der Waals surface area contributed by atoms with Crippen LogP contribution < -0.4 is 16.3 Å². The summed E-state index contributed by atoms with van der Waals surface area (Å²) in [4.78, 5) is 22.1. The number of fused-ring (bicyclic) bond motifs is 1. The number of nitrogens with one attached hydrogen (secondary N) is 3. The Hall–Kier alpha value is -3.52. The summed E-state index contributed by atoms with van der Waals surface area (Å²) in [6, 6.07) is 10.0. The van der Waals surface area contributed by atoms with E-state index in [1.165, 1.54) is 30.3 Å². The number of halogens is 9. The standard InChI is InChI=1S/C25H16Cl2F7N3O3/c1-39-37-20(24(29,30)31)11-35-22(38)16-7-6-15(13-4-2-3-5-14(13)16)19-10-23(40-36-19,25(32,33)34)12-8-17(26)21(28)18(27)9-12/h2-11,36-37H,1H3,(H,35,38). The molecule has 0 aliphatic carbocycles. The molecule has 0 saturated heterocycles. The second kappa shape index (κ2) is 10.8. The summed E-state index contributed by atoms with van der Waals surface area (Å²) >= 11 is 11.5. The highest BCUT2D eigenvalue weighted by Gasteiger charge is 2.60. The summed E-state index contributed by atoms with van der Waals surface area (Å²) in [5.41, 5.74) is -1.33. The van der Waals surface area contributed by atoms with E-state index < -0.39 is 51.0 Å². The summed E-state index contributed by atoms with van der Waals surface area (Å²) < 4.78 is 96.3. The summed E-state index contributed by atoms with van der Waals surface area (Å²) in [6.45, 7) is 0. The van der Waals surface area contributed by atoms with Gasteiger partial charge >= 0.3 is 12.4 Å². The Bertz CT molecular complexity index is 1520. The van der Waals surface area contributed by atoms with Gasteiger partial charge in [-0.25, -0.2) is 4.39 Å². The summed E-state index contributed by atoms with van der Waals surface area (Å²) in [5, 5.41) is 1.19. The number of carbonyl (C=O) groups excluding carboxylic acids is 1. The molecule has 1 atom stereocenters. The zero-order chi connectivity index (χ0) is 29.5. The fourth-order valence-corrected chi connectivity index (χ4v) is 4.46. The lowest BCUT2D eigenvalue weighted by Crippen LogP contribution is -2.42. The normalized spacial score (nSPS) is 17.9. The molecule has 15 heteroatoms. The third kappa shape index (κ3) is 5.42. The number of allylic oxidation sites excluding steroid dienone is 1. The molecule has 0 radical (unpaired) electrons. The quantitative estimate of drug-likeness (QED) is 0.161. The molecule has 3 N–H and O–H groups in total. The van der Waals surface area contributed by atoms with E-state index in [9.17, 15) is 35.5 Å². The highest BCUT2D eigenvalue weighted by atomic mass is 35.5. The van der Waals surface area contributed by atoms with E-state index in [4.69, 9.17) is 28.0 Å². The number of carbonyl (C=O) groups is 1. The van der Waals surface area contributed by atoms with Crippen molar-refractivity contribution in [2.24, 2.45) is 0 Å². The summed E-state index contributed by atoms with van der Waals surface area (Å²) in [5.74, 6) is -2.04. The second-order valence-electron chi connectivity index (χ2n) is 8.29. The van der Waals surface area contributed by atoms with Crippen molar-refractivity contribution in [3.05, 3.63) is 99.1 Å². The van der Waals surface area contributed by atoms with E-state index in [-0.39, 0.29) is 27.6 Å². The fraction of sp³-hybridized carbons (Fsp3) is 0.160. The molecule has 0 spiro atoms. The third-order valence-electron chi connectivity index (χ3n) is 5.83. The zero-order valence-electron chi connectivity index (χ0n) is 19.9. The molecule has 0 saturated carbocycles. The van der Waals surface area contributed by atoms with Crippen molar-refractivity contribution < 1.29 is 45.2 Å². The third-order valence-corrected chi connectivity index (χ3v) is 6.38. The van der Waals surface area contributed by atoms with E-state index in [0.29, 0.717) is 12.3 Å². The Morgan fingerprint density at radius 2 is 1.65 bits per heavy atom. The van der Waals surface area contributed by atoms with Crippen LogP contribution in [-0.2, 0) is 15.3 Å². The van der Waals surface area contributed by atoms with Gasteiger partial charge in [0, 0.05) is 22.9 Å². The Morgan fingerprint density at radius 3 is 2.23 bits per heavy atom. The molecule has 40 heavy (non-hydrogen) atoms. The highest BCUT2D eigenvalue weighted by Crippen LogP contribution is 2.49. The number of benzene rings is 3. The molecule has 0 aromatic heterocycles. The minimum atomic E-state index is -5.07. The minimum Gasteiger partial charge on any atom is -0.326 e. The molecular weight excluding hydrogens is 594 g/mol. The van der Waals surface area contributed by atoms with Crippen LogP contribution in [0.4, 0.5) is 30.7 Å². The van der Waals surface area contributed by atoms with Gasteiger partial charge in [-0.15, -0.1) is 0 Å². The van der Waals surface area contributed by atoms with Gasteiger partial charge in [0.1, 0.15) is 0 Å². The number of alkyl halides is 6. The first-order valence-corrected chi connectivity index (χ1v) is 11.7. The van der Waals surface area contributed by atoms with Crippen LogP contribution in [-0.4, -0.2) is 25.4 Å². The monoisotopic (exact) mass is 609 g/mol. The molecule has 0 bridgehead atoms. The summed E-state index contributed by atoms with van der Waals surface area (Å²) in [6.07, 6.45) is -8.84. The maximum absolute atomic E-state index is 14.4. The lowest BCUT2D eigenvalue weighted by atomic mass is 9.90. The fourth-order valence-electron chi connectivity index (χ4n) is 3.97. The van der Waals surface area contributed by atoms with E-state index in [1.54, 1.807) is 11.5 Å². The van der Waals surface area contributed by atoms with Gasteiger partial charge < -0.3 is 5.32 Å². The van der Waals surface area contributed by atoms with Gasteiger partial charge in [-0.2, -0.15) is 26.3 Å². The predicted molar refractivity (Wildman–Crippen MR) is 132 cm³/mol. The van der Waals surface area contributed by atoms with E-state index >= 15 is 0 Å². The van der Waals surface area contributed by atoms with Crippen LogP contribution in [0.2, 0.25) is 10.0 Å². The van der Waals surface area contributed by atoms with E-state index in [1.807, 2.05) is 5.32 Å². The second-order valence-corrected chi connectivity index (χ2v) is 9.11. The van der Waals surface area contributed by atoms with E-state index in [0.717, 1.165) is 19.2 Å². The molecule has 6 nitrogen and oxygen atoms in total. The Balaban J connectivity index is 1.79. The van der Waals surface area contributed by atoms with Gasteiger partial charge in [0.05, 0.1) is 22.9 Å². The molecule has 3 aromatic rings. The number of hydroxylamine groups is 2. The van der Waals surface area contributed by atoms with Crippen LogP contribution >= 0.6 is 23.2 Å². The zero-order valence-corrected chi connectivity index (χ0v) is 21.4. The minimum absolute atomic E-state index is 0.0757. The predicted octanol–water partition coefficient (Wildman–Crippen LogP) is 6.90. The van der Waals surface area contributed by atoms with Crippen molar-refractivity contribution in [2.45, 2.75) is 18.0 Å². The van der Waals surface area contributed by atoms with Crippen molar-refractivity contribution in [2.75, 3.05) is 7.11 Å². The summed E-state index contributed by atoms with van der Waals surface area (Å²) in [7, 11) is 0.954. The van der Waals surface area contributed by atoms with Crippen LogP contribution in [0.15, 0.2) is 66.5 Å². The van der Waals surface area contributed by atoms with Crippen molar-refractivity contribution in [3.63, 3.8) is 0 Å². The lowest BCUT2D eigenvalue weighted by molar-refractivity contribution is -0.269. The lowest BCUT2D eigenvalue weighted by Gasteiger charge is -2.28. The number of amides is 1. The molecule has 212 valence electrons. The van der Waals surface area contributed by atoms with Crippen molar-refractivity contribution in [3.8, 4) is 0 Å². The van der Waals surface area contributed by atoms with Crippen LogP contribution in [0.25, 0.3) is 16.5 Å². The van der Waals surface area contributed by atoms with Gasteiger partial charge in [0.25, 0.3) is 5.91 Å². The average Bonchev–Trinajstić information content (AvgIpc) is 3.35. The number of hydrogen-bond donors (Lipinski definition) is 3. The van der Waals surface area contributed by atoms with Gasteiger partial charge in [-0.1, -0.05) is 53.5 Å². The first kappa shape index (κ1) is 29.5. The van der Waals surface area contributed by atoms with E-state index in [2.05, 4.69) is 10.3 Å². The Morgan fingerprint density at radius 1 is 1.02 bits per heavy atom. The Kier molecular flexibility index (Phi) is 7.96. The average molecular weight is 610 g/mol. The number of hydrogen-bond acceptors (Lipinski definition) is 5. The SMILES string of the molecule is CONC(=CNC(=O)c1ccc(C2=CC(c3cc(Cl)c(F)c(Cl)c3)(C(F)(F)F)ON2)c2ccccc12)C(F)(F)F. The van der Waals surface area contributed by atoms with Gasteiger partial charge in [0.2, 0.25) is 5.60 Å². The van der Waals surface area contributed by atoms with Crippen molar-refractivity contribution in [1.82, 2.24) is 16.3 Å². The molecule has 0 fully saturated rings. The van der Waals surface area contributed by atoms with Gasteiger partial charge in [-0.3, -0.25) is 25.4 Å². The molecule has 4 rings (SSSR count). The molecule has 1 heterocycles. The highest BCUT2D eigenvalue weighted by molar-refractivity contribution is 6.35. The maximum atomic E-state index is 14.4. The van der Waals surface area contributed by atoms with Crippen molar-refractivity contribution in [1.29, 1.82) is 0 Å². The molecule has 1 unspecified atom stereocenters. The molecule has 1 aliphatic rings. The molecule has 1 amide bonds. The van der Waals surface area contributed by atoms with Crippen LogP contribution in [0.3, 0.4) is 0 Å². The topological polar surface area (TPSA) is 71.6 Å². The largest absolute Gasteiger partial charge is 0.434 e. The maximum Gasteiger partial charge on any atom is 0.434 e. The molecule has 3 aromatic carbocycles. The van der Waals surface area contributed by atoms with Crippen LogP contribution in [0, 0.1) is 5.82 Å².